The zero-order valence-corrected chi connectivity index (χ0v) is 18.5. The number of fused-ring (bicyclic) bond motifs is 3. The van der Waals surface area contributed by atoms with Gasteiger partial charge >= 0.3 is 0 Å². The molecular formula is C25H24N4O2S. The van der Waals surface area contributed by atoms with E-state index in [2.05, 4.69) is 22.1 Å². The Hall–Kier alpha value is -3.32. The molecule has 0 fully saturated rings. The number of aromatic nitrogens is 3. The predicted octanol–water partition coefficient (Wildman–Crippen LogP) is 4.14. The molecule has 32 heavy (non-hydrogen) atoms. The predicted molar refractivity (Wildman–Crippen MR) is 126 cm³/mol. The Balaban J connectivity index is 1.45. The summed E-state index contributed by atoms with van der Waals surface area (Å²) >= 11 is 1.63. The van der Waals surface area contributed by atoms with Crippen LogP contribution in [0.1, 0.15) is 45.0 Å². The molecular weight excluding hydrogens is 420 g/mol. The fraction of sp³-hybridized carbons (Fsp3) is 0.280. The smallest absolute Gasteiger partial charge is 0.259 e. The molecule has 1 aliphatic carbocycles. The van der Waals surface area contributed by atoms with Gasteiger partial charge in [0, 0.05) is 29.4 Å². The summed E-state index contributed by atoms with van der Waals surface area (Å²) in [6, 6.07) is 13.5. The van der Waals surface area contributed by atoms with E-state index in [-0.39, 0.29) is 18.0 Å². The Kier molecular flexibility index (Phi) is 5.81. The van der Waals surface area contributed by atoms with Crippen molar-refractivity contribution < 1.29 is 4.79 Å². The number of aryl methyl sites for hydroxylation is 2. The van der Waals surface area contributed by atoms with Crippen molar-refractivity contribution in [2.45, 2.75) is 38.6 Å². The van der Waals surface area contributed by atoms with Crippen LogP contribution in [-0.4, -0.2) is 32.3 Å². The van der Waals surface area contributed by atoms with Crippen molar-refractivity contribution in [3.8, 4) is 0 Å². The van der Waals surface area contributed by atoms with Gasteiger partial charge in [-0.05, 0) is 55.4 Å². The molecule has 0 atom stereocenters. The number of carbonyl (C=O) groups excluding carboxylic acids is 1. The number of hydrogen-bond acceptors (Lipinski definition) is 5. The third-order valence-corrected chi connectivity index (χ3v) is 7.13. The lowest BCUT2D eigenvalue weighted by atomic mass is 9.97. The van der Waals surface area contributed by atoms with Gasteiger partial charge in [-0.25, -0.2) is 4.98 Å². The van der Waals surface area contributed by atoms with Gasteiger partial charge in [-0.15, -0.1) is 11.3 Å². The number of rotatable bonds is 6. The van der Waals surface area contributed by atoms with E-state index in [1.807, 2.05) is 18.2 Å². The Morgan fingerprint density at radius 3 is 2.66 bits per heavy atom. The highest BCUT2D eigenvalue weighted by molar-refractivity contribution is 7.18. The van der Waals surface area contributed by atoms with E-state index < -0.39 is 0 Å². The summed E-state index contributed by atoms with van der Waals surface area (Å²) in [6.45, 7) is 0.773. The summed E-state index contributed by atoms with van der Waals surface area (Å²) in [5, 5.41) is 0.741. The van der Waals surface area contributed by atoms with Gasteiger partial charge < -0.3 is 9.88 Å². The monoisotopic (exact) mass is 444 g/mol. The second kappa shape index (κ2) is 9.04. The van der Waals surface area contributed by atoms with Crippen molar-refractivity contribution in [2.24, 2.45) is 0 Å². The van der Waals surface area contributed by atoms with Crippen LogP contribution in [0.25, 0.3) is 10.2 Å². The van der Waals surface area contributed by atoms with Gasteiger partial charge in [-0.2, -0.15) is 0 Å². The normalized spacial score (nSPS) is 13.1. The van der Waals surface area contributed by atoms with Gasteiger partial charge in [0.05, 0.1) is 11.9 Å². The molecule has 1 N–H and O–H groups in total. The Bertz CT molecular complexity index is 1300. The van der Waals surface area contributed by atoms with Crippen molar-refractivity contribution in [1.29, 1.82) is 0 Å². The number of benzene rings is 1. The largest absolute Gasteiger partial charge is 0.331 e. The first-order chi connectivity index (χ1) is 15.7. The van der Waals surface area contributed by atoms with Crippen LogP contribution in [0.4, 0.5) is 0 Å². The molecule has 0 aliphatic heterocycles. The molecule has 0 unspecified atom stereocenters. The maximum atomic E-state index is 13.3. The molecule has 0 radical (unpaired) electrons. The number of H-pyrrole nitrogens is 1. The minimum Gasteiger partial charge on any atom is -0.331 e. The zero-order chi connectivity index (χ0) is 21.9. The van der Waals surface area contributed by atoms with E-state index in [1.54, 1.807) is 40.8 Å². The molecule has 0 spiro atoms. The van der Waals surface area contributed by atoms with Crippen LogP contribution in [0.3, 0.4) is 0 Å². The fourth-order valence-electron chi connectivity index (χ4n) is 4.30. The van der Waals surface area contributed by atoms with Crippen molar-refractivity contribution in [2.75, 3.05) is 6.54 Å². The van der Waals surface area contributed by atoms with Crippen molar-refractivity contribution in [3.05, 3.63) is 92.6 Å². The van der Waals surface area contributed by atoms with Crippen LogP contribution < -0.4 is 5.56 Å². The average molecular weight is 445 g/mol. The molecule has 6 nitrogen and oxygen atoms in total. The highest BCUT2D eigenvalue weighted by Crippen LogP contribution is 2.33. The molecule has 0 saturated carbocycles. The molecule has 162 valence electrons. The topological polar surface area (TPSA) is 79.0 Å². The summed E-state index contributed by atoms with van der Waals surface area (Å²) in [5.74, 6) is 0.424. The number of aromatic amines is 1. The molecule has 0 bridgehead atoms. The van der Waals surface area contributed by atoms with Crippen LogP contribution in [0.2, 0.25) is 0 Å². The average Bonchev–Trinajstić information content (AvgIpc) is 3.21. The number of nitrogens with one attached hydrogen (secondary N) is 1. The number of thiophene rings is 1. The first-order valence-electron chi connectivity index (χ1n) is 11.0. The van der Waals surface area contributed by atoms with E-state index >= 15 is 0 Å². The van der Waals surface area contributed by atoms with Gasteiger partial charge in [0.1, 0.15) is 10.7 Å². The van der Waals surface area contributed by atoms with E-state index in [0.717, 1.165) is 47.9 Å². The maximum absolute atomic E-state index is 13.3. The molecule has 1 aromatic carbocycles. The Morgan fingerprint density at radius 2 is 1.84 bits per heavy atom. The van der Waals surface area contributed by atoms with Crippen molar-refractivity contribution in [1.82, 2.24) is 19.9 Å². The lowest BCUT2D eigenvalue weighted by molar-refractivity contribution is 0.0740. The third-order valence-electron chi connectivity index (χ3n) is 5.94. The molecule has 0 saturated heterocycles. The number of pyridine rings is 1. The molecule has 1 aliphatic rings. The molecule has 1 amide bonds. The van der Waals surface area contributed by atoms with Crippen molar-refractivity contribution >= 4 is 27.5 Å². The number of nitrogens with zero attached hydrogens (tertiary/aromatic N) is 3. The van der Waals surface area contributed by atoms with E-state index in [4.69, 9.17) is 4.98 Å². The van der Waals surface area contributed by atoms with Gasteiger partial charge in [-0.1, -0.05) is 30.3 Å². The minimum atomic E-state index is -0.100. The Morgan fingerprint density at radius 1 is 1.06 bits per heavy atom. The van der Waals surface area contributed by atoms with Crippen LogP contribution in [0.15, 0.2) is 59.7 Å². The number of amides is 1. The standard InChI is InChI=1S/C25H24N4O2S/c30-23-22-19-8-4-5-9-20(19)32-24(22)28-21(27-23)16-29(15-12-17-6-2-1-3-7-17)25(31)18-10-13-26-14-11-18/h1-3,6-7,10-11,13-14H,4-5,8-9,12,15-16H2,(H,27,28,30). The quantitative estimate of drug-likeness (QED) is 0.485. The first kappa shape index (κ1) is 20.6. The third kappa shape index (κ3) is 4.21. The molecule has 3 heterocycles. The van der Waals surface area contributed by atoms with Crippen LogP contribution >= 0.6 is 11.3 Å². The lowest BCUT2D eigenvalue weighted by Crippen LogP contribution is -2.34. The zero-order valence-electron chi connectivity index (χ0n) is 17.7. The number of hydrogen-bond donors (Lipinski definition) is 1. The summed E-state index contributed by atoms with van der Waals surface area (Å²) in [4.78, 5) is 41.8. The second-order valence-corrected chi connectivity index (χ2v) is 9.19. The molecule has 7 heteroatoms. The number of carbonyl (C=O) groups is 1. The van der Waals surface area contributed by atoms with Gasteiger partial charge in [0.15, 0.2) is 0 Å². The van der Waals surface area contributed by atoms with Crippen LogP contribution in [0, 0.1) is 0 Å². The molecule has 3 aromatic heterocycles. The van der Waals surface area contributed by atoms with Gasteiger partial charge in [0.2, 0.25) is 0 Å². The highest BCUT2D eigenvalue weighted by atomic mass is 32.1. The van der Waals surface area contributed by atoms with Crippen molar-refractivity contribution in [3.63, 3.8) is 0 Å². The Labute approximate surface area is 190 Å². The molecule has 4 aromatic rings. The van der Waals surface area contributed by atoms with Crippen LogP contribution in [0.5, 0.6) is 0 Å². The van der Waals surface area contributed by atoms with E-state index in [0.29, 0.717) is 17.9 Å². The summed E-state index contributed by atoms with van der Waals surface area (Å²) in [5.41, 5.74) is 2.81. The summed E-state index contributed by atoms with van der Waals surface area (Å²) in [7, 11) is 0. The summed E-state index contributed by atoms with van der Waals surface area (Å²) in [6.07, 6.45) is 8.21. The summed E-state index contributed by atoms with van der Waals surface area (Å²) < 4.78 is 0. The maximum Gasteiger partial charge on any atom is 0.259 e. The molecule has 5 rings (SSSR count). The van der Waals surface area contributed by atoms with Crippen LogP contribution in [-0.2, 0) is 25.8 Å². The van der Waals surface area contributed by atoms with E-state index in [9.17, 15) is 9.59 Å². The SMILES string of the molecule is O=C(c1ccncc1)N(CCc1ccccc1)Cc1nc2sc3c(c2c(=O)[nH]1)CCCC3. The van der Waals surface area contributed by atoms with Gasteiger partial charge in [-0.3, -0.25) is 14.6 Å². The fourth-order valence-corrected chi connectivity index (χ4v) is 5.58. The minimum absolute atomic E-state index is 0.0937. The van der Waals surface area contributed by atoms with Gasteiger partial charge in [0.25, 0.3) is 11.5 Å². The second-order valence-electron chi connectivity index (χ2n) is 8.10. The first-order valence-corrected chi connectivity index (χ1v) is 11.8. The highest BCUT2D eigenvalue weighted by Gasteiger charge is 2.22. The lowest BCUT2D eigenvalue weighted by Gasteiger charge is -2.22. The van der Waals surface area contributed by atoms with E-state index in [1.165, 1.54) is 10.4 Å².